The SMILES string of the molecule is CCC(C)CCCCCCCCCCC(=O)O[C@H](COC(=O)CCCCCCCCCCCCCCCCC(C)C)COP(=O)(O)OC[C@@H](O)COP(=O)(O)OC[C@@H](COC(=O)CCCCCCCCC(C)C)OC(=O)CCCCCCCCCCCCC(C)C. The predicted octanol–water partition coefficient (Wildman–Crippen LogP) is 20.5. The highest BCUT2D eigenvalue weighted by molar-refractivity contribution is 7.47. The molecule has 0 saturated carbocycles. The van der Waals surface area contributed by atoms with Crippen LogP contribution >= 0.6 is 15.6 Å². The van der Waals surface area contributed by atoms with Crippen molar-refractivity contribution in [1.29, 1.82) is 0 Å². The van der Waals surface area contributed by atoms with Crippen LogP contribution in [0.1, 0.15) is 357 Å². The van der Waals surface area contributed by atoms with Crippen molar-refractivity contribution in [1.82, 2.24) is 0 Å². The van der Waals surface area contributed by atoms with Gasteiger partial charge in [0.15, 0.2) is 12.2 Å². The summed E-state index contributed by atoms with van der Waals surface area (Å²) in [5, 5.41) is 10.6. The Kier molecular flexibility index (Phi) is 60.3. The number of hydrogen-bond donors (Lipinski definition) is 3. The number of phosphoric ester groups is 2. The first-order valence-corrected chi connectivity index (χ1v) is 40.2. The molecule has 17 nitrogen and oxygen atoms in total. The van der Waals surface area contributed by atoms with Crippen LogP contribution in [-0.4, -0.2) is 96.7 Å². The van der Waals surface area contributed by atoms with Gasteiger partial charge in [0.2, 0.25) is 0 Å². The van der Waals surface area contributed by atoms with Crippen molar-refractivity contribution in [3.05, 3.63) is 0 Å². The van der Waals surface area contributed by atoms with Crippen molar-refractivity contribution in [2.24, 2.45) is 23.7 Å². The van der Waals surface area contributed by atoms with E-state index in [1.807, 2.05) is 0 Å². The molecule has 0 fully saturated rings. The summed E-state index contributed by atoms with van der Waals surface area (Å²) in [6.07, 6.45) is 44.5. The molecule has 0 heterocycles. The molecular weight excluding hydrogens is 1200 g/mol. The molecule has 3 unspecified atom stereocenters. The Bertz CT molecular complexity index is 1800. The third kappa shape index (κ3) is 65.1. The molecule has 540 valence electrons. The lowest BCUT2D eigenvalue weighted by atomic mass is 9.99. The van der Waals surface area contributed by atoms with Crippen molar-refractivity contribution in [2.75, 3.05) is 39.6 Å². The topological polar surface area (TPSA) is 237 Å². The van der Waals surface area contributed by atoms with Gasteiger partial charge in [0.1, 0.15) is 19.3 Å². The molecule has 0 radical (unpaired) electrons. The minimum atomic E-state index is -4.95. The van der Waals surface area contributed by atoms with E-state index in [4.69, 9.17) is 37.0 Å². The third-order valence-electron chi connectivity index (χ3n) is 16.9. The maximum absolute atomic E-state index is 13.0. The second-order valence-electron chi connectivity index (χ2n) is 27.6. The van der Waals surface area contributed by atoms with Gasteiger partial charge in [-0.3, -0.25) is 37.3 Å². The zero-order valence-corrected chi connectivity index (χ0v) is 61.3. The number of aliphatic hydroxyl groups excluding tert-OH is 1. The number of esters is 4. The number of carbonyl (C=O) groups excluding carboxylic acids is 4. The summed E-state index contributed by atoms with van der Waals surface area (Å²) in [5.41, 5.74) is 0. The summed E-state index contributed by atoms with van der Waals surface area (Å²) >= 11 is 0. The van der Waals surface area contributed by atoms with Crippen LogP contribution in [0.4, 0.5) is 0 Å². The molecule has 0 aromatic rings. The second kappa shape index (κ2) is 61.6. The Balaban J connectivity index is 5.23. The fourth-order valence-electron chi connectivity index (χ4n) is 10.8. The molecule has 19 heteroatoms. The first-order valence-electron chi connectivity index (χ1n) is 37.2. The van der Waals surface area contributed by atoms with Gasteiger partial charge in [-0.2, -0.15) is 0 Å². The molecule has 0 aromatic heterocycles. The van der Waals surface area contributed by atoms with E-state index < -0.39 is 97.5 Å². The molecule has 0 saturated heterocycles. The fourth-order valence-corrected chi connectivity index (χ4v) is 12.4. The summed E-state index contributed by atoms with van der Waals surface area (Å²) in [7, 11) is -9.91. The molecule has 6 atom stereocenters. The molecule has 0 spiro atoms. The fraction of sp³-hybridized carbons (Fsp3) is 0.944. The Hall–Kier alpha value is -1.94. The smallest absolute Gasteiger partial charge is 0.462 e. The molecule has 0 aliphatic rings. The number of phosphoric acid groups is 2. The van der Waals surface area contributed by atoms with E-state index in [9.17, 15) is 43.2 Å². The quantitative estimate of drug-likeness (QED) is 0.0222. The van der Waals surface area contributed by atoms with Crippen LogP contribution < -0.4 is 0 Å². The zero-order chi connectivity index (χ0) is 67.5. The van der Waals surface area contributed by atoms with Gasteiger partial charge in [0.05, 0.1) is 26.4 Å². The van der Waals surface area contributed by atoms with Crippen molar-refractivity contribution in [3.63, 3.8) is 0 Å². The standard InChI is InChI=1S/C72H140O17P2/c1-9-65(8)51-43-35-26-22-23-29-39-47-55-72(77)89-67(58-82-69(74)52-44-36-27-20-15-13-11-10-12-14-18-24-32-40-48-62(2)3)60-86-90(78,79)84-56-66(73)57-85-91(80,81)87-61-68(59-83-70(75)53-45-37-31-30-34-42-50-64(6)7)88-71(76)54-46-38-28-21-17-16-19-25-33-41-49-63(4)5/h62-68,73H,9-61H2,1-8H3,(H,78,79)(H,80,81)/t65?,66-,67-,68-/m1/s1. The monoisotopic (exact) mass is 1340 g/mol. The van der Waals surface area contributed by atoms with Crippen molar-refractivity contribution < 1.29 is 80.2 Å². The summed E-state index contributed by atoms with van der Waals surface area (Å²) in [6.45, 7) is 14.1. The van der Waals surface area contributed by atoms with Crippen LogP contribution in [0.25, 0.3) is 0 Å². The molecule has 0 rings (SSSR count). The molecular formula is C72H140O17P2. The highest BCUT2D eigenvalue weighted by Crippen LogP contribution is 2.45. The van der Waals surface area contributed by atoms with Crippen LogP contribution in [-0.2, 0) is 65.4 Å². The first kappa shape index (κ1) is 89.1. The first-order chi connectivity index (χ1) is 43.6. The van der Waals surface area contributed by atoms with Crippen LogP contribution in [0.5, 0.6) is 0 Å². The van der Waals surface area contributed by atoms with Gasteiger partial charge in [-0.25, -0.2) is 9.13 Å². The average Bonchev–Trinajstić information content (AvgIpc) is 3.66. The Labute approximate surface area is 556 Å². The van der Waals surface area contributed by atoms with Gasteiger partial charge in [-0.1, -0.05) is 306 Å². The van der Waals surface area contributed by atoms with Gasteiger partial charge in [0, 0.05) is 25.7 Å². The molecule has 0 aromatic carbocycles. The van der Waals surface area contributed by atoms with E-state index in [0.29, 0.717) is 31.6 Å². The van der Waals surface area contributed by atoms with Crippen LogP contribution in [0.2, 0.25) is 0 Å². The molecule has 0 aliphatic heterocycles. The Morgan fingerprint density at radius 1 is 0.308 bits per heavy atom. The van der Waals surface area contributed by atoms with Crippen LogP contribution in [0.15, 0.2) is 0 Å². The van der Waals surface area contributed by atoms with Gasteiger partial charge < -0.3 is 33.8 Å². The van der Waals surface area contributed by atoms with Gasteiger partial charge in [-0.05, 0) is 49.4 Å². The maximum Gasteiger partial charge on any atom is 0.472 e. The molecule has 0 aliphatic carbocycles. The van der Waals surface area contributed by atoms with Gasteiger partial charge in [0.25, 0.3) is 0 Å². The molecule has 0 bridgehead atoms. The van der Waals surface area contributed by atoms with E-state index in [1.54, 1.807) is 0 Å². The number of ether oxygens (including phenoxy) is 4. The average molecular weight is 1340 g/mol. The normalized spacial score (nSPS) is 14.5. The highest BCUT2D eigenvalue weighted by atomic mass is 31.2. The zero-order valence-electron chi connectivity index (χ0n) is 59.5. The molecule has 3 N–H and O–H groups in total. The lowest BCUT2D eigenvalue weighted by Crippen LogP contribution is -2.30. The largest absolute Gasteiger partial charge is 0.472 e. The maximum atomic E-state index is 13.0. The second-order valence-corrected chi connectivity index (χ2v) is 30.6. The minimum Gasteiger partial charge on any atom is -0.462 e. The van der Waals surface area contributed by atoms with E-state index >= 15 is 0 Å². The molecule has 0 amide bonds. The lowest BCUT2D eigenvalue weighted by molar-refractivity contribution is -0.161. The van der Waals surface area contributed by atoms with Gasteiger partial charge >= 0.3 is 39.5 Å². The third-order valence-corrected chi connectivity index (χ3v) is 18.8. The molecule has 91 heavy (non-hydrogen) atoms. The van der Waals surface area contributed by atoms with E-state index in [1.165, 1.54) is 154 Å². The highest BCUT2D eigenvalue weighted by Gasteiger charge is 2.30. The predicted molar refractivity (Wildman–Crippen MR) is 367 cm³/mol. The minimum absolute atomic E-state index is 0.104. The van der Waals surface area contributed by atoms with Crippen LogP contribution in [0.3, 0.4) is 0 Å². The van der Waals surface area contributed by atoms with Gasteiger partial charge in [-0.15, -0.1) is 0 Å². The lowest BCUT2D eigenvalue weighted by Gasteiger charge is -2.21. The van der Waals surface area contributed by atoms with Crippen molar-refractivity contribution in [3.8, 4) is 0 Å². The Morgan fingerprint density at radius 3 is 0.780 bits per heavy atom. The number of hydrogen-bond acceptors (Lipinski definition) is 15. The number of unbranched alkanes of at least 4 members (excludes halogenated alkanes) is 34. The summed E-state index contributed by atoms with van der Waals surface area (Å²) in [5.74, 6) is 0.871. The summed E-state index contributed by atoms with van der Waals surface area (Å²) in [4.78, 5) is 72.6. The number of carbonyl (C=O) groups is 4. The Morgan fingerprint density at radius 2 is 0.527 bits per heavy atom. The summed E-state index contributed by atoms with van der Waals surface area (Å²) < 4.78 is 68.3. The van der Waals surface area contributed by atoms with Crippen LogP contribution in [0, 0.1) is 23.7 Å². The summed E-state index contributed by atoms with van der Waals surface area (Å²) in [6, 6.07) is 0. The van der Waals surface area contributed by atoms with Crippen molar-refractivity contribution >= 4 is 39.5 Å². The number of aliphatic hydroxyl groups is 1. The van der Waals surface area contributed by atoms with E-state index in [-0.39, 0.29) is 25.7 Å². The van der Waals surface area contributed by atoms with E-state index in [2.05, 4.69) is 55.4 Å². The van der Waals surface area contributed by atoms with Crippen molar-refractivity contribution in [2.45, 2.75) is 375 Å². The van der Waals surface area contributed by atoms with E-state index in [0.717, 1.165) is 114 Å². The number of rotatable bonds is 69.